The molecule has 0 aromatic carbocycles. The van der Waals surface area contributed by atoms with E-state index in [1.54, 1.807) is 13.3 Å². The van der Waals surface area contributed by atoms with E-state index in [9.17, 15) is 0 Å². The van der Waals surface area contributed by atoms with Crippen molar-refractivity contribution in [3.05, 3.63) is 17.8 Å². The Morgan fingerprint density at radius 3 is 2.73 bits per heavy atom. The number of nitrogens with zero attached hydrogens (tertiary/aromatic N) is 1. The molecule has 0 bridgehead atoms. The first kappa shape index (κ1) is 11.8. The zero-order valence-electron chi connectivity index (χ0n) is 9.79. The second kappa shape index (κ2) is 4.49. The highest BCUT2D eigenvalue weighted by atomic mass is 16.5. The maximum absolute atomic E-state index is 5.80. The van der Waals surface area contributed by atoms with Gasteiger partial charge in [-0.15, -0.1) is 0 Å². The van der Waals surface area contributed by atoms with Gasteiger partial charge in [0.25, 0.3) is 0 Å². The van der Waals surface area contributed by atoms with Gasteiger partial charge in [-0.3, -0.25) is 0 Å². The van der Waals surface area contributed by atoms with Crippen LogP contribution in [-0.4, -0.2) is 24.2 Å². The van der Waals surface area contributed by atoms with Gasteiger partial charge in [-0.2, -0.15) is 0 Å². The molecule has 0 atom stereocenters. The molecule has 0 unspecified atom stereocenters. The van der Waals surface area contributed by atoms with Crippen molar-refractivity contribution in [1.82, 2.24) is 4.98 Å². The van der Waals surface area contributed by atoms with Gasteiger partial charge in [0, 0.05) is 25.1 Å². The Balaban J connectivity index is 2.76. The first-order valence-electron chi connectivity index (χ1n) is 4.94. The van der Waals surface area contributed by atoms with Crippen molar-refractivity contribution in [1.29, 1.82) is 0 Å². The predicted octanol–water partition coefficient (Wildman–Crippen LogP) is 1.81. The molecule has 1 rings (SSSR count). The second-order valence-electron chi connectivity index (χ2n) is 4.37. The maximum Gasteiger partial charge on any atom is 0.128 e. The number of aryl methyl sites for hydroxylation is 1. The van der Waals surface area contributed by atoms with E-state index in [-0.39, 0.29) is 5.54 Å². The van der Waals surface area contributed by atoms with Crippen molar-refractivity contribution in [3.63, 3.8) is 0 Å². The van der Waals surface area contributed by atoms with E-state index in [1.807, 2.05) is 26.8 Å². The van der Waals surface area contributed by atoms with Crippen molar-refractivity contribution in [3.8, 4) is 0 Å². The molecule has 0 aliphatic carbocycles. The van der Waals surface area contributed by atoms with Crippen LogP contribution in [-0.2, 0) is 4.74 Å². The highest BCUT2D eigenvalue weighted by Gasteiger charge is 2.17. The lowest BCUT2D eigenvalue weighted by molar-refractivity contribution is 0.158. The summed E-state index contributed by atoms with van der Waals surface area (Å²) >= 11 is 0. The zero-order chi connectivity index (χ0) is 11.5. The summed E-state index contributed by atoms with van der Waals surface area (Å²) in [5, 5.41) is 3.27. The third-order valence-corrected chi connectivity index (χ3v) is 2.12. The largest absolute Gasteiger partial charge is 0.398 e. The normalized spacial score (nSPS) is 11.5. The Morgan fingerprint density at radius 2 is 2.20 bits per heavy atom. The maximum atomic E-state index is 5.80. The van der Waals surface area contributed by atoms with Crippen LogP contribution >= 0.6 is 0 Å². The molecule has 0 saturated carbocycles. The molecule has 0 radical (unpaired) electrons. The minimum absolute atomic E-state index is 0.149. The molecule has 4 nitrogen and oxygen atoms in total. The standard InChI is InChI=1S/C11H19N3O/c1-8-6-13-10(5-9(8)12)14-11(2,3)7-15-4/h5-6H,7H2,1-4H3,(H3,12,13,14). The summed E-state index contributed by atoms with van der Waals surface area (Å²) in [5.41, 5.74) is 7.39. The van der Waals surface area contributed by atoms with Crippen molar-refractivity contribution in [2.24, 2.45) is 0 Å². The van der Waals surface area contributed by atoms with Crippen molar-refractivity contribution in [2.45, 2.75) is 26.3 Å². The van der Waals surface area contributed by atoms with Crippen LogP contribution < -0.4 is 11.1 Å². The molecule has 0 saturated heterocycles. The number of pyridine rings is 1. The summed E-state index contributed by atoms with van der Waals surface area (Å²) in [7, 11) is 1.68. The summed E-state index contributed by atoms with van der Waals surface area (Å²) in [6.45, 7) is 6.65. The van der Waals surface area contributed by atoms with Gasteiger partial charge in [0.05, 0.1) is 12.1 Å². The SMILES string of the molecule is COCC(C)(C)Nc1cc(N)c(C)cn1. The average Bonchev–Trinajstić information content (AvgIpc) is 2.10. The van der Waals surface area contributed by atoms with Crippen LogP contribution in [0.1, 0.15) is 19.4 Å². The smallest absolute Gasteiger partial charge is 0.128 e. The molecule has 0 aliphatic rings. The first-order chi connectivity index (χ1) is 6.94. The molecule has 1 aromatic heterocycles. The van der Waals surface area contributed by atoms with E-state index in [0.29, 0.717) is 6.61 Å². The van der Waals surface area contributed by atoms with Gasteiger partial charge in [-0.25, -0.2) is 4.98 Å². The van der Waals surface area contributed by atoms with Crippen molar-refractivity contribution >= 4 is 11.5 Å². The Morgan fingerprint density at radius 1 is 1.53 bits per heavy atom. The van der Waals surface area contributed by atoms with Crippen LogP contribution in [0.5, 0.6) is 0 Å². The zero-order valence-corrected chi connectivity index (χ0v) is 9.79. The number of nitrogens with one attached hydrogen (secondary N) is 1. The Bertz CT molecular complexity index is 337. The molecule has 1 aromatic rings. The lowest BCUT2D eigenvalue weighted by atomic mass is 10.1. The third kappa shape index (κ3) is 3.40. The molecule has 4 heteroatoms. The van der Waals surface area contributed by atoms with Gasteiger partial charge in [-0.05, 0) is 26.3 Å². The molecule has 0 aliphatic heterocycles. The lowest BCUT2D eigenvalue weighted by Crippen LogP contribution is -2.36. The number of nitrogen functional groups attached to an aromatic ring is 1. The summed E-state index contributed by atoms with van der Waals surface area (Å²) < 4.78 is 5.11. The van der Waals surface area contributed by atoms with Crippen LogP contribution in [0.2, 0.25) is 0 Å². The third-order valence-electron chi connectivity index (χ3n) is 2.12. The number of hydrogen-bond donors (Lipinski definition) is 2. The average molecular weight is 209 g/mol. The van der Waals surface area contributed by atoms with E-state index in [1.165, 1.54) is 0 Å². The van der Waals surface area contributed by atoms with E-state index in [2.05, 4.69) is 10.3 Å². The molecule has 84 valence electrons. The highest BCUT2D eigenvalue weighted by Crippen LogP contribution is 2.17. The Kier molecular flexibility index (Phi) is 3.52. The molecule has 0 amide bonds. The number of methoxy groups -OCH3 is 1. The summed E-state index contributed by atoms with van der Waals surface area (Å²) in [6, 6.07) is 1.84. The van der Waals surface area contributed by atoms with Crippen molar-refractivity contribution < 1.29 is 4.74 Å². The first-order valence-corrected chi connectivity index (χ1v) is 4.94. The minimum Gasteiger partial charge on any atom is -0.398 e. The fourth-order valence-electron chi connectivity index (χ4n) is 1.35. The van der Waals surface area contributed by atoms with E-state index < -0.39 is 0 Å². The van der Waals surface area contributed by atoms with Gasteiger partial charge >= 0.3 is 0 Å². The fourth-order valence-corrected chi connectivity index (χ4v) is 1.35. The lowest BCUT2D eigenvalue weighted by Gasteiger charge is -2.26. The monoisotopic (exact) mass is 209 g/mol. The van der Waals surface area contributed by atoms with E-state index in [0.717, 1.165) is 17.1 Å². The summed E-state index contributed by atoms with van der Waals surface area (Å²) in [5.74, 6) is 0.778. The van der Waals surface area contributed by atoms with Crippen LogP contribution in [0.3, 0.4) is 0 Å². The fraction of sp³-hybridized carbons (Fsp3) is 0.545. The van der Waals surface area contributed by atoms with Gasteiger partial charge in [-0.1, -0.05) is 0 Å². The molecule has 15 heavy (non-hydrogen) atoms. The number of hydrogen-bond acceptors (Lipinski definition) is 4. The molecule has 1 heterocycles. The summed E-state index contributed by atoms with van der Waals surface area (Å²) in [4.78, 5) is 4.26. The van der Waals surface area contributed by atoms with Crippen LogP contribution in [0.15, 0.2) is 12.3 Å². The number of rotatable bonds is 4. The predicted molar refractivity (Wildman–Crippen MR) is 63.0 cm³/mol. The van der Waals surface area contributed by atoms with Gasteiger partial charge < -0.3 is 15.8 Å². The number of ether oxygens (including phenoxy) is 1. The van der Waals surface area contributed by atoms with E-state index >= 15 is 0 Å². The van der Waals surface area contributed by atoms with Gasteiger partial charge in [0.2, 0.25) is 0 Å². The highest BCUT2D eigenvalue weighted by molar-refractivity contribution is 5.54. The molecule has 0 fully saturated rings. The van der Waals surface area contributed by atoms with Crippen LogP contribution in [0.25, 0.3) is 0 Å². The Labute approximate surface area is 90.8 Å². The van der Waals surface area contributed by atoms with Crippen LogP contribution in [0, 0.1) is 6.92 Å². The van der Waals surface area contributed by atoms with Crippen molar-refractivity contribution in [2.75, 3.05) is 24.8 Å². The van der Waals surface area contributed by atoms with Gasteiger partial charge in [0.15, 0.2) is 0 Å². The quantitative estimate of drug-likeness (QED) is 0.794. The Hall–Kier alpha value is -1.29. The van der Waals surface area contributed by atoms with E-state index in [4.69, 9.17) is 10.5 Å². The molecule has 0 spiro atoms. The molecule has 3 N–H and O–H groups in total. The second-order valence-corrected chi connectivity index (χ2v) is 4.37. The van der Waals surface area contributed by atoms with Gasteiger partial charge in [0.1, 0.15) is 5.82 Å². The topological polar surface area (TPSA) is 60.2 Å². The number of anilines is 2. The molecular weight excluding hydrogens is 190 g/mol. The summed E-state index contributed by atoms with van der Waals surface area (Å²) in [6.07, 6.45) is 1.76. The number of aromatic nitrogens is 1. The number of nitrogens with two attached hydrogens (primary N) is 1. The minimum atomic E-state index is -0.149. The van der Waals surface area contributed by atoms with Crippen LogP contribution in [0.4, 0.5) is 11.5 Å². The molecular formula is C11H19N3O.